The van der Waals surface area contributed by atoms with Crippen molar-refractivity contribution in [1.82, 2.24) is 0 Å². The Labute approximate surface area is 78.0 Å². The molecule has 0 spiro atoms. The molecule has 0 aliphatic rings. The molecule has 0 aliphatic heterocycles. The van der Waals surface area contributed by atoms with Crippen molar-refractivity contribution in [3.8, 4) is 11.8 Å². The van der Waals surface area contributed by atoms with Crippen LogP contribution in [0.2, 0.25) is 0 Å². The van der Waals surface area contributed by atoms with E-state index >= 15 is 0 Å². The third kappa shape index (κ3) is 3.00. The van der Waals surface area contributed by atoms with Crippen molar-refractivity contribution < 1.29 is 4.79 Å². The first-order valence-corrected chi connectivity index (χ1v) is 3.88. The number of benzene rings is 1. The van der Waals surface area contributed by atoms with E-state index in [1.807, 2.05) is 12.1 Å². The van der Waals surface area contributed by atoms with Gasteiger partial charge in [-0.2, -0.15) is 0 Å². The number of hydrogen-bond donors (Lipinski definition) is 1. The van der Waals surface area contributed by atoms with Crippen LogP contribution in [0.5, 0.6) is 0 Å². The summed E-state index contributed by atoms with van der Waals surface area (Å²) in [6.45, 7) is 5.37. The Hall–Kier alpha value is -1.75. The highest BCUT2D eigenvalue weighted by Crippen LogP contribution is 2.08. The summed E-state index contributed by atoms with van der Waals surface area (Å²) in [7, 11) is 0. The van der Waals surface area contributed by atoms with Crippen LogP contribution in [-0.4, -0.2) is 5.91 Å². The molecule has 1 aromatic rings. The lowest BCUT2D eigenvalue weighted by atomic mass is 10.2. The zero-order valence-corrected chi connectivity index (χ0v) is 7.42. The van der Waals surface area contributed by atoms with E-state index in [1.165, 1.54) is 0 Å². The van der Waals surface area contributed by atoms with Crippen LogP contribution in [0.3, 0.4) is 0 Å². The van der Waals surface area contributed by atoms with E-state index in [-0.39, 0.29) is 5.91 Å². The molecule has 1 amide bonds. The second kappa shape index (κ2) is 4.32. The van der Waals surface area contributed by atoms with Gasteiger partial charge in [0.15, 0.2) is 0 Å². The smallest absolute Gasteiger partial charge is 0.300 e. The highest BCUT2D eigenvalue weighted by atomic mass is 16.1. The van der Waals surface area contributed by atoms with Gasteiger partial charge < -0.3 is 5.32 Å². The van der Waals surface area contributed by atoms with Crippen LogP contribution in [0, 0.1) is 18.8 Å². The molecule has 0 saturated carbocycles. The van der Waals surface area contributed by atoms with Gasteiger partial charge in [0, 0.05) is 5.69 Å². The molecule has 13 heavy (non-hydrogen) atoms. The third-order valence-electron chi connectivity index (χ3n) is 1.42. The summed E-state index contributed by atoms with van der Waals surface area (Å²) >= 11 is 0. The lowest BCUT2D eigenvalue weighted by molar-refractivity contribution is -0.111. The molecule has 2 nitrogen and oxygen atoms in total. The van der Waals surface area contributed by atoms with Crippen molar-refractivity contribution in [2.45, 2.75) is 6.92 Å². The van der Waals surface area contributed by atoms with E-state index in [2.05, 4.69) is 24.1 Å². The number of hydrogen-bond acceptors (Lipinski definition) is 1. The number of rotatable bonds is 1. The predicted octanol–water partition coefficient (Wildman–Crippen LogP) is 1.83. The molecule has 0 unspecified atom stereocenters. The van der Waals surface area contributed by atoms with Crippen LogP contribution >= 0.6 is 0 Å². The number of anilines is 1. The van der Waals surface area contributed by atoms with Gasteiger partial charge >= 0.3 is 0 Å². The Balaban J connectivity index is 2.73. The first-order chi connectivity index (χ1) is 6.22. The van der Waals surface area contributed by atoms with Crippen molar-refractivity contribution in [2.24, 2.45) is 0 Å². The van der Waals surface area contributed by atoms with Crippen LogP contribution in [0.15, 0.2) is 24.3 Å². The molecule has 0 fully saturated rings. The Morgan fingerprint density at radius 2 is 2.31 bits per heavy atom. The Kier molecular flexibility index (Phi) is 3.10. The number of carbonyl (C=O) groups excluding carboxylic acids is 1. The fraction of sp³-hybridized carbons (Fsp3) is 0.0909. The molecule has 1 rings (SSSR count). The molecule has 0 aromatic heterocycles. The van der Waals surface area contributed by atoms with Gasteiger partial charge in [0.25, 0.3) is 5.91 Å². The Morgan fingerprint density at radius 1 is 1.54 bits per heavy atom. The molecular formula is C11H10NO. The lowest BCUT2D eigenvalue weighted by Gasteiger charge is -2.00. The minimum absolute atomic E-state index is 0.298. The monoisotopic (exact) mass is 172 g/mol. The van der Waals surface area contributed by atoms with E-state index in [1.54, 1.807) is 19.1 Å². The highest BCUT2D eigenvalue weighted by molar-refractivity contribution is 6.03. The molecule has 1 aromatic carbocycles. The molecule has 65 valence electrons. The van der Waals surface area contributed by atoms with Crippen LogP contribution in [-0.2, 0) is 4.79 Å². The number of nitrogens with one attached hydrogen (secondary N) is 1. The minimum atomic E-state index is -0.298. The average Bonchev–Trinajstić information content (AvgIpc) is 2.04. The topological polar surface area (TPSA) is 29.1 Å². The summed E-state index contributed by atoms with van der Waals surface area (Å²) < 4.78 is 0. The van der Waals surface area contributed by atoms with Crippen LogP contribution < -0.4 is 5.32 Å². The van der Waals surface area contributed by atoms with Crippen molar-refractivity contribution in [3.63, 3.8) is 0 Å². The van der Waals surface area contributed by atoms with E-state index in [0.717, 1.165) is 11.3 Å². The lowest BCUT2D eigenvalue weighted by Crippen LogP contribution is -2.08. The molecule has 0 bridgehead atoms. The van der Waals surface area contributed by atoms with Gasteiger partial charge in [-0.1, -0.05) is 18.1 Å². The fourth-order valence-corrected chi connectivity index (χ4v) is 0.925. The summed E-state index contributed by atoms with van der Waals surface area (Å²) in [5.74, 6) is 4.62. The van der Waals surface area contributed by atoms with Crippen LogP contribution in [0.1, 0.15) is 12.5 Å². The SMILES string of the molecule is [CH2]c1cccc(NC(=O)C#CC)c1. The van der Waals surface area contributed by atoms with Gasteiger partial charge in [0.05, 0.1) is 0 Å². The van der Waals surface area contributed by atoms with E-state index in [0.29, 0.717) is 0 Å². The Bertz CT molecular complexity index is 371. The van der Waals surface area contributed by atoms with E-state index in [9.17, 15) is 4.79 Å². The molecule has 0 saturated heterocycles. The highest BCUT2D eigenvalue weighted by Gasteiger charge is 1.96. The summed E-state index contributed by atoms with van der Waals surface area (Å²) in [5, 5.41) is 2.63. The minimum Gasteiger partial charge on any atom is -0.315 e. The third-order valence-corrected chi connectivity index (χ3v) is 1.42. The first kappa shape index (κ1) is 9.34. The van der Waals surface area contributed by atoms with Gasteiger partial charge in [-0.25, -0.2) is 0 Å². The normalized spacial score (nSPS) is 8.46. The zero-order chi connectivity index (χ0) is 9.68. The summed E-state index contributed by atoms with van der Waals surface area (Å²) in [6, 6.07) is 7.28. The van der Waals surface area contributed by atoms with Crippen molar-refractivity contribution in [3.05, 3.63) is 36.8 Å². The Morgan fingerprint density at radius 3 is 2.92 bits per heavy atom. The van der Waals surface area contributed by atoms with Gasteiger partial charge in [0.2, 0.25) is 0 Å². The van der Waals surface area contributed by atoms with Gasteiger partial charge in [-0.15, -0.1) is 0 Å². The maximum absolute atomic E-state index is 11.0. The van der Waals surface area contributed by atoms with Crippen LogP contribution in [0.25, 0.3) is 0 Å². The van der Waals surface area contributed by atoms with Crippen molar-refractivity contribution >= 4 is 11.6 Å². The molecule has 0 aliphatic carbocycles. The van der Waals surface area contributed by atoms with Gasteiger partial charge in [0.1, 0.15) is 0 Å². The maximum Gasteiger partial charge on any atom is 0.300 e. The summed E-state index contributed by atoms with van der Waals surface area (Å²) in [6.07, 6.45) is 0. The zero-order valence-electron chi connectivity index (χ0n) is 7.42. The fourth-order valence-electron chi connectivity index (χ4n) is 0.925. The quantitative estimate of drug-likeness (QED) is 0.643. The summed E-state index contributed by atoms with van der Waals surface area (Å²) in [4.78, 5) is 11.0. The number of carbonyl (C=O) groups is 1. The molecule has 0 heterocycles. The summed E-state index contributed by atoms with van der Waals surface area (Å²) in [5.41, 5.74) is 1.59. The average molecular weight is 172 g/mol. The molecule has 1 N–H and O–H groups in total. The van der Waals surface area contributed by atoms with Crippen molar-refractivity contribution in [2.75, 3.05) is 5.32 Å². The number of amides is 1. The second-order valence-corrected chi connectivity index (χ2v) is 2.53. The molecule has 1 radical (unpaired) electrons. The molecule has 2 heteroatoms. The predicted molar refractivity (Wildman–Crippen MR) is 53.0 cm³/mol. The van der Waals surface area contributed by atoms with E-state index in [4.69, 9.17) is 0 Å². The van der Waals surface area contributed by atoms with Gasteiger partial charge in [-0.05, 0) is 37.5 Å². The van der Waals surface area contributed by atoms with Gasteiger partial charge in [-0.3, -0.25) is 4.79 Å². The maximum atomic E-state index is 11.0. The first-order valence-electron chi connectivity index (χ1n) is 3.88. The molecular weight excluding hydrogens is 162 g/mol. The standard InChI is InChI=1S/C11H10NO/c1-3-5-11(13)12-10-7-4-6-9(2)8-10/h4,6-8H,2H2,1H3,(H,12,13). The molecule has 0 atom stereocenters. The van der Waals surface area contributed by atoms with E-state index < -0.39 is 0 Å². The second-order valence-electron chi connectivity index (χ2n) is 2.53. The van der Waals surface area contributed by atoms with Crippen LogP contribution in [0.4, 0.5) is 5.69 Å². The van der Waals surface area contributed by atoms with Crippen molar-refractivity contribution in [1.29, 1.82) is 0 Å². The largest absolute Gasteiger partial charge is 0.315 e.